The van der Waals surface area contributed by atoms with Gasteiger partial charge in [-0.25, -0.2) is 9.97 Å². The topological polar surface area (TPSA) is 52.8 Å². The van der Waals surface area contributed by atoms with Gasteiger partial charge in [0.15, 0.2) is 5.82 Å². The van der Waals surface area contributed by atoms with Gasteiger partial charge in [-0.15, -0.1) is 11.8 Å². The summed E-state index contributed by atoms with van der Waals surface area (Å²) in [6.45, 7) is 2.90. The van der Waals surface area contributed by atoms with Gasteiger partial charge in [0.2, 0.25) is 0 Å². The van der Waals surface area contributed by atoms with Crippen LogP contribution in [0.5, 0.6) is 0 Å². The molecule has 0 N–H and O–H groups in total. The normalized spacial score (nSPS) is 10.7. The van der Waals surface area contributed by atoms with E-state index in [1.165, 1.54) is 0 Å². The largest absolute Gasteiger partial charge is 0.309 e. The van der Waals surface area contributed by atoms with Crippen molar-refractivity contribution in [2.24, 2.45) is 0 Å². The van der Waals surface area contributed by atoms with Gasteiger partial charge in [-0.1, -0.05) is 30.3 Å². The molecular formula is C17H20N4S. The average molecular weight is 312 g/mol. The molecule has 1 heterocycles. The number of hydrogen-bond acceptors (Lipinski definition) is 5. The Labute approximate surface area is 136 Å². The summed E-state index contributed by atoms with van der Waals surface area (Å²) in [7, 11) is 4.13. The third-order valence-electron chi connectivity index (χ3n) is 3.19. The molecule has 0 bridgehead atoms. The van der Waals surface area contributed by atoms with E-state index in [0.717, 1.165) is 35.0 Å². The zero-order chi connectivity index (χ0) is 15.9. The molecule has 0 fully saturated rings. The molecule has 0 radical (unpaired) electrons. The molecule has 5 heteroatoms. The van der Waals surface area contributed by atoms with Crippen LogP contribution in [-0.2, 0) is 0 Å². The van der Waals surface area contributed by atoms with Crippen molar-refractivity contribution in [2.45, 2.75) is 18.4 Å². The van der Waals surface area contributed by atoms with Crippen molar-refractivity contribution in [3.63, 3.8) is 0 Å². The summed E-state index contributed by atoms with van der Waals surface area (Å²) in [5.41, 5.74) is 2.31. The number of nitrogens with zero attached hydrogens (tertiary/aromatic N) is 4. The monoisotopic (exact) mass is 312 g/mol. The fraction of sp³-hybridized carbons (Fsp3) is 0.353. The zero-order valence-corrected chi connectivity index (χ0v) is 14.0. The molecule has 1 aromatic heterocycles. The summed E-state index contributed by atoms with van der Waals surface area (Å²) in [5, 5.41) is 10.1. The predicted octanol–water partition coefficient (Wildman–Crippen LogP) is 3.37. The summed E-state index contributed by atoms with van der Waals surface area (Å²) >= 11 is 1.64. The Morgan fingerprint density at radius 1 is 1.18 bits per heavy atom. The third kappa shape index (κ3) is 4.30. The first-order chi connectivity index (χ1) is 10.6. The second kappa shape index (κ2) is 7.92. The summed E-state index contributed by atoms with van der Waals surface area (Å²) in [6.07, 6.45) is 1.06. The molecule has 0 amide bonds. The first kappa shape index (κ1) is 16.5. The van der Waals surface area contributed by atoms with Crippen molar-refractivity contribution in [2.75, 3.05) is 26.4 Å². The van der Waals surface area contributed by atoms with Gasteiger partial charge >= 0.3 is 0 Å². The molecule has 0 saturated heterocycles. The minimum absolute atomic E-state index is 0.592. The highest BCUT2D eigenvalue weighted by molar-refractivity contribution is 7.99. The van der Waals surface area contributed by atoms with Gasteiger partial charge in [0.05, 0.1) is 5.69 Å². The molecule has 4 nitrogen and oxygen atoms in total. The molecule has 0 aliphatic rings. The minimum atomic E-state index is 0.592. The van der Waals surface area contributed by atoms with Gasteiger partial charge in [0.1, 0.15) is 16.7 Å². The van der Waals surface area contributed by atoms with Crippen LogP contribution >= 0.6 is 11.8 Å². The lowest BCUT2D eigenvalue weighted by molar-refractivity contribution is 0.410. The standard InChI is InChI=1S/C17H20N4S/c1-13-15(12-18)17(22-11-7-10-21(2)3)20-16(19-13)14-8-5-4-6-9-14/h4-6,8-9H,7,10-11H2,1-3H3. The van der Waals surface area contributed by atoms with Gasteiger partial charge in [0, 0.05) is 11.3 Å². The molecular weight excluding hydrogens is 292 g/mol. The van der Waals surface area contributed by atoms with Crippen LogP contribution in [0.2, 0.25) is 0 Å². The van der Waals surface area contributed by atoms with E-state index in [9.17, 15) is 5.26 Å². The number of aromatic nitrogens is 2. The Bertz CT molecular complexity index is 662. The van der Waals surface area contributed by atoms with Gasteiger partial charge in [-0.05, 0) is 34.0 Å². The Morgan fingerprint density at radius 3 is 2.55 bits per heavy atom. The lowest BCUT2D eigenvalue weighted by Crippen LogP contribution is -2.13. The van der Waals surface area contributed by atoms with Crippen LogP contribution in [0.15, 0.2) is 35.4 Å². The van der Waals surface area contributed by atoms with Crippen LogP contribution in [0, 0.1) is 18.3 Å². The summed E-state index contributed by atoms with van der Waals surface area (Å²) < 4.78 is 0. The Balaban J connectivity index is 2.23. The maximum atomic E-state index is 9.35. The fourth-order valence-electron chi connectivity index (χ4n) is 2.05. The van der Waals surface area contributed by atoms with Crippen molar-refractivity contribution < 1.29 is 0 Å². The lowest BCUT2D eigenvalue weighted by Gasteiger charge is -2.10. The van der Waals surface area contributed by atoms with E-state index in [0.29, 0.717) is 11.4 Å². The van der Waals surface area contributed by atoms with Crippen LogP contribution in [0.1, 0.15) is 17.7 Å². The SMILES string of the molecule is Cc1nc(-c2ccccc2)nc(SCCCN(C)C)c1C#N. The molecule has 22 heavy (non-hydrogen) atoms. The Kier molecular flexibility index (Phi) is 5.93. The Hall–Kier alpha value is -1.90. The number of rotatable bonds is 6. The van der Waals surface area contributed by atoms with Crippen LogP contribution < -0.4 is 0 Å². The van der Waals surface area contributed by atoms with Crippen LogP contribution in [-0.4, -0.2) is 41.3 Å². The predicted molar refractivity (Wildman–Crippen MR) is 90.8 cm³/mol. The molecule has 1 aromatic carbocycles. The van der Waals surface area contributed by atoms with Crippen LogP contribution in [0.25, 0.3) is 11.4 Å². The fourth-order valence-corrected chi connectivity index (χ4v) is 3.00. The van der Waals surface area contributed by atoms with Crippen molar-refractivity contribution in [3.05, 3.63) is 41.6 Å². The highest BCUT2D eigenvalue weighted by Crippen LogP contribution is 2.26. The highest BCUT2D eigenvalue weighted by atomic mass is 32.2. The molecule has 114 valence electrons. The Morgan fingerprint density at radius 2 is 1.91 bits per heavy atom. The average Bonchev–Trinajstić information content (AvgIpc) is 2.52. The van der Waals surface area contributed by atoms with E-state index in [-0.39, 0.29) is 0 Å². The molecule has 2 rings (SSSR count). The lowest BCUT2D eigenvalue weighted by atomic mass is 10.2. The molecule has 0 aliphatic heterocycles. The second-order valence-electron chi connectivity index (χ2n) is 5.30. The number of aryl methyl sites for hydroxylation is 1. The summed E-state index contributed by atoms with van der Waals surface area (Å²) in [6, 6.07) is 12.1. The van der Waals surface area contributed by atoms with Gasteiger partial charge in [-0.2, -0.15) is 5.26 Å². The number of nitriles is 1. The van der Waals surface area contributed by atoms with E-state index in [4.69, 9.17) is 0 Å². The van der Waals surface area contributed by atoms with Crippen molar-refractivity contribution in [1.29, 1.82) is 5.26 Å². The van der Waals surface area contributed by atoms with E-state index < -0.39 is 0 Å². The molecule has 0 saturated carbocycles. The number of thioether (sulfide) groups is 1. The van der Waals surface area contributed by atoms with E-state index in [2.05, 4.69) is 35.0 Å². The first-order valence-corrected chi connectivity index (χ1v) is 8.22. The summed E-state index contributed by atoms with van der Waals surface area (Å²) in [5.74, 6) is 1.63. The second-order valence-corrected chi connectivity index (χ2v) is 6.38. The first-order valence-electron chi connectivity index (χ1n) is 7.23. The van der Waals surface area contributed by atoms with Crippen LogP contribution in [0.3, 0.4) is 0 Å². The summed E-state index contributed by atoms with van der Waals surface area (Å²) in [4.78, 5) is 11.2. The van der Waals surface area contributed by atoms with Crippen molar-refractivity contribution >= 4 is 11.8 Å². The van der Waals surface area contributed by atoms with Gasteiger partial charge in [0.25, 0.3) is 0 Å². The van der Waals surface area contributed by atoms with Crippen molar-refractivity contribution in [1.82, 2.24) is 14.9 Å². The zero-order valence-electron chi connectivity index (χ0n) is 13.2. The highest BCUT2D eigenvalue weighted by Gasteiger charge is 2.13. The van der Waals surface area contributed by atoms with E-state index >= 15 is 0 Å². The maximum Gasteiger partial charge on any atom is 0.160 e. The molecule has 0 atom stereocenters. The maximum absolute atomic E-state index is 9.35. The third-order valence-corrected chi connectivity index (χ3v) is 4.25. The van der Waals surface area contributed by atoms with Gasteiger partial charge in [-0.3, -0.25) is 0 Å². The minimum Gasteiger partial charge on any atom is -0.309 e. The van der Waals surface area contributed by atoms with Gasteiger partial charge < -0.3 is 4.90 Å². The molecule has 0 spiro atoms. The van der Waals surface area contributed by atoms with Crippen LogP contribution in [0.4, 0.5) is 0 Å². The molecule has 2 aromatic rings. The molecule has 0 unspecified atom stereocenters. The number of benzene rings is 1. The number of hydrogen-bond donors (Lipinski definition) is 0. The van der Waals surface area contributed by atoms with E-state index in [1.807, 2.05) is 37.3 Å². The van der Waals surface area contributed by atoms with E-state index in [1.54, 1.807) is 11.8 Å². The molecule has 0 aliphatic carbocycles. The van der Waals surface area contributed by atoms with Crippen molar-refractivity contribution in [3.8, 4) is 17.5 Å². The smallest absolute Gasteiger partial charge is 0.160 e. The quantitative estimate of drug-likeness (QED) is 0.465.